The minimum absolute atomic E-state index is 0.111. The molecule has 1 unspecified atom stereocenters. The molecule has 0 saturated carbocycles. The second-order valence-corrected chi connectivity index (χ2v) is 4.99. The largest absolute Gasteiger partial charge is 0.480 e. The van der Waals surface area contributed by atoms with Gasteiger partial charge >= 0.3 is 5.97 Å². The van der Waals surface area contributed by atoms with Crippen molar-refractivity contribution in [3.8, 4) is 0 Å². The van der Waals surface area contributed by atoms with Gasteiger partial charge in [0.1, 0.15) is 11.6 Å². The van der Waals surface area contributed by atoms with E-state index in [1.807, 2.05) is 6.92 Å². The number of carbonyl (C=O) groups excluding carboxylic acids is 1. The smallest absolute Gasteiger partial charge is 0.326 e. The normalized spacial score (nSPS) is 11.9. The maximum absolute atomic E-state index is 11.9. The average molecular weight is 331 g/mol. The second-order valence-electron chi connectivity index (χ2n) is 4.14. The first-order valence-electron chi connectivity index (χ1n) is 5.80. The molecule has 19 heavy (non-hydrogen) atoms. The fourth-order valence-electron chi connectivity index (χ4n) is 1.55. The zero-order valence-corrected chi connectivity index (χ0v) is 12.2. The number of H-pyrrole nitrogens is 1. The fraction of sp³-hybridized carbons (Fsp3) is 0.417. The highest BCUT2D eigenvalue weighted by atomic mass is 79.9. The summed E-state index contributed by atoms with van der Waals surface area (Å²) in [6, 6.07) is 0.394. The van der Waals surface area contributed by atoms with Crippen LogP contribution in [0.5, 0.6) is 0 Å². The number of halogens is 1. The van der Waals surface area contributed by atoms with E-state index in [9.17, 15) is 14.4 Å². The van der Waals surface area contributed by atoms with Crippen molar-refractivity contribution in [1.29, 1.82) is 0 Å². The standard InChI is InChI=1S/C12H15BrN2O4/c1-3-4-9(12(18)19)15-11(17)7-5-8(13)6(2)14-10(7)16/h5,9H,3-4H2,1-2H3,(H,14,16)(H,15,17)(H,18,19). The van der Waals surface area contributed by atoms with Crippen LogP contribution in [0.2, 0.25) is 0 Å². The second kappa shape index (κ2) is 6.51. The molecular formula is C12H15BrN2O4. The lowest BCUT2D eigenvalue weighted by Gasteiger charge is -2.13. The van der Waals surface area contributed by atoms with Gasteiger partial charge in [-0.15, -0.1) is 0 Å². The number of carboxylic acid groups (broad SMARTS) is 1. The molecule has 1 atom stereocenters. The highest BCUT2D eigenvalue weighted by Crippen LogP contribution is 2.12. The van der Waals surface area contributed by atoms with Crippen LogP contribution in [0.15, 0.2) is 15.3 Å². The van der Waals surface area contributed by atoms with Gasteiger partial charge in [-0.2, -0.15) is 0 Å². The molecule has 104 valence electrons. The van der Waals surface area contributed by atoms with Crippen LogP contribution in [-0.2, 0) is 4.79 Å². The maximum Gasteiger partial charge on any atom is 0.326 e. The van der Waals surface area contributed by atoms with E-state index < -0.39 is 23.5 Å². The number of amides is 1. The first kappa shape index (κ1) is 15.4. The van der Waals surface area contributed by atoms with Gasteiger partial charge in [0.15, 0.2) is 0 Å². The lowest BCUT2D eigenvalue weighted by molar-refractivity contribution is -0.139. The summed E-state index contributed by atoms with van der Waals surface area (Å²) >= 11 is 3.21. The van der Waals surface area contributed by atoms with Gasteiger partial charge < -0.3 is 15.4 Å². The Morgan fingerprint density at radius 3 is 2.68 bits per heavy atom. The first-order chi connectivity index (χ1) is 8.86. The number of aromatic amines is 1. The van der Waals surface area contributed by atoms with E-state index in [-0.39, 0.29) is 5.56 Å². The van der Waals surface area contributed by atoms with Crippen molar-refractivity contribution in [2.24, 2.45) is 0 Å². The minimum Gasteiger partial charge on any atom is -0.480 e. The quantitative estimate of drug-likeness (QED) is 0.760. The van der Waals surface area contributed by atoms with Crippen molar-refractivity contribution >= 4 is 27.8 Å². The van der Waals surface area contributed by atoms with Crippen molar-refractivity contribution in [3.05, 3.63) is 32.2 Å². The molecular weight excluding hydrogens is 316 g/mol. The van der Waals surface area contributed by atoms with E-state index in [1.165, 1.54) is 6.07 Å². The van der Waals surface area contributed by atoms with Crippen molar-refractivity contribution in [2.75, 3.05) is 0 Å². The molecule has 3 N–H and O–H groups in total. The van der Waals surface area contributed by atoms with Gasteiger partial charge in [0.05, 0.1) is 0 Å². The van der Waals surface area contributed by atoms with E-state index in [2.05, 4.69) is 26.2 Å². The molecule has 6 nitrogen and oxygen atoms in total. The zero-order chi connectivity index (χ0) is 14.6. The van der Waals surface area contributed by atoms with Gasteiger partial charge in [0, 0.05) is 10.2 Å². The molecule has 0 aliphatic rings. The first-order valence-corrected chi connectivity index (χ1v) is 6.59. The molecule has 1 heterocycles. The van der Waals surface area contributed by atoms with Crippen LogP contribution in [0.4, 0.5) is 0 Å². The van der Waals surface area contributed by atoms with Crippen LogP contribution in [0.3, 0.4) is 0 Å². The molecule has 1 aromatic rings. The molecule has 0 saturated heterocycles. The number of hydrogen-bond donors (Lipinski definition) is 3. The van der Waals surface area contributed by atoms with Gasteiger partial charge in [-0.1, -0.05) is 13.3 Å². The number of carboxylic acids is 1. The summed E-state index contributed by atoms with van der Waals surface area (Å²) in [6.07, 6.45) is 0.928. The highest BCUT2D eigenvalue weighted by Gasteiger charge is 2.21. The molecule has 0 fully saturated rings. The molecule has 1 rings (SSSR count). The highest BCUT2D eigenvalue weighted by molar-refractivity contribution is 9.10. The third-order valence-corrected chi connectivity index (χ3v) is 3.42. The number of aromatic nitrogens is 1. The summed E-state index contributed by atoms with van der Waals surface area (Å²) in [5.41, 5.74) is -0.0523. The molecule has 0 aliphatic heterocycles. The number of pyridine rings is 1. The average Bonchev–Trinajstić information content (AvgIpc) is 2.32. The van der Waals surface area contributed by atoms with Crippen molar-refractivity contribution < 1.29 is 14.7 Å². The maximum atomic E-state index is 11.9. The predicted octanol–water partition coefficient (Wildman–Crippen LogP) is 1.43. The Morgan fingerprint density at radius 1 is 1.53 bits per heavy atom. The van der Waals surface area contributed by atoms with Crippen molar-refractivity contribution in [3.63, 3.8) is 0 Å². The van der Waals surface area contributed by atoms with Crippen molar-refractivity contribution in [1.82, 2.24) is 10.3 Å². The zero-order valence-electron chi connectivity index (χ0n) is 10.6. The molecule has 0 spiro atoms. The van der Waals surface area contributed by atoms with E-state index in [0.29, 0.717) is 23.0 Å². The summed E-state index contributed by atoms with van der Waals surface area (Å²) < 4.78 is 0.583. The van der Waals surface area contributed by atoms with E-state index in [1.54, 1.807) is 6.92 Å². The Labute approximate surface area is 118 Å². The number of aliphatic carboxylic acids is 1. The lowest BCUT2D eigenvalue weighted by atomic mass is 10.1. The van der Waals surface area contributed by atoms with Crippen molar-refractivity contribution in [2.45, 2.75) is 32.7 Å². The van der Waals surface area contributed by atoms with Gasteiger partial charge in [0.2, 0.25) is 0 Å². The molecule has 1 amide bonds. The number of rotatable bonds is 5. The van der Waals surface area contributed by atoms with Crippen LogP contribution in [0.1, 0.15) is 35.8 Å². The van der Waals surface area contributed by atoms with Crippen LogP contribution >= 0.6 is 15.9 Å². The number of hydrogen-bond acceptors (Lipinski definition) is 3. The molecule has 1 aromatic heterocycles. The van der Waals surface area contributed by atoms with Gasteiger partial charge in [0.25, 0.3) is 11.5 Å². The molecule has 7 heteroatoms. The Kier molecular flexibility index (Phi) is 5.29. The Morgan fingerprint density at radius 2 is 2.16 bits per heavy atom. The summed E-state index contributed by atoms with van der Waals surface area (Å²) in [7, 11) is 0. The third-order valence-electron chi connectivity index (χ3n) is 2.60. The Hall–Kier alpha value is -1.63. The SMILES string of the molecule is CCCC(NC(=O)c1cc(Br)c(C)[nH]c1=O)C(=O)O. The van der Waals surface area contributed by atoms with Crippen LogP contribution in [0, 0.1) is 6.92 Å². The third kappa shape index (κ3) is 3.92. The Bertz CT molecular complexity index is 553. The van der Waals surface area contributed by atoms with Crippen LogP contribution in [-0.4, -0.2) is 28.0 Å². The lowest BCUT2D eigenvalue weighted by Crippen LogP contribution is -2.42. The predicted molar refractivity (Wildman–Crippen MR) is 73.3 cm³/mol. The van der Waals surface area contributed by atoms with Gasteiger partial charge in [-0.25, -0.2) is 4.79 Å². The summed E-state index contributed by atoms with van der Waals surface area (Å²) in [5, 5.41) is 11.3. The number of nitrogens with one attached hydrogen (secondary N) is 2. The van der Waals surface area contributed by atoms with Gasteiger partial charge in [-0.05, 0) is 35.3 Å². The fourth-order valence-corrected chi connectivity index (χ4v) is 1.88. The molecule has 0 bridgehead atoms. The number of aryl methyl sites for hydroxylation is 1. The molecule has 0 aromatic carbocycles. The topological polar surface area (TPSA) is 99.3 Å². The minimum atomic E-state index is -1.11. The van der Waals surface area contributed by atoms with Crippen LogP contribution in [0.25, 0.3) is 0 Å². The Balaban J connectivity index is 2.98. The summed E-state index contributed by atoms with van der Waals surface area (Å²) in [4.78, 5) is 37.0. The van der Waals surface area contributed by atoms with Crippen LogP contribution < -0.4 is 10.9 Å². The van der Waals surface area contributed by atoms with E-state index >= 15 is 0 Å². The van der Waals surface area contributed by atoms with E-state index in [0.717, 1.165) is 0 Å². The molecule has 0 aliphatic carbocycles. The van der Waals surface area contributed by atoms with E-state index in [4.69, 9.17) is 5.11 Å². The number of carbonyl (C=O) groups is 2. The van der Waals surface area contributed by atoms with Gasteiger partial charge in [-0.3, -0.25) is 9.59 Å². The summed E-state index contributed by atoms with van der Waals surface area (Å²) in [6.45, 7) is 3.50. The molecule has 0 radical (unpaired) electrons. The monoisotopic (exact) mass is 330 g/mol. The summed E-state index contributed by atoms with van der Waals surface area (Å²) in [5.74, 6) is -1.80.